The van der Waals surface area contributed by atoms with E-state index in [1.807, 2.05) is 0 Å². The molecule has 0 aliphatic carbocycles. The highest BCUT2D eigenvalue weighted by atomic mass is 79.9. The highest BCUT2D eigenvalue weighted by Crippen LogP contribution is 2.28. The van der Waals surface area contributed by atoms with Gasteiger partial charge >= 0.3 is 6.18 Å². The molecule has 2 nitrogen and oxygen atoms in total. The Balaban J connectivity index is 3.24. The number of alkyl halides is 4. The van der Waals surface area contributed by atoms with Crippen LogP contribution < -0.4 is 5.56 Å². The van der Waals surface area contributed by atoms with Gasteiger partial charge in [0.25, 0.3) is 0 Å². The van der Waals surface area contributed by atoms with Crippen molar-refractivity contribution in [1.29, 1.82) is 0 Å². The summed E-state index contributed by atoms with van der Waals surface area (Å²) < 4.78 is 36.3. The van der Waals surface area contributed by atoms with Crippen LogP contribution in [0.15, 0.2) is 16.9 Å². The van der Waals surface area contributed by atoms with Gasteiger partial charge in [-0.3, -0.25) is 4.79 Å². The molecule has 0 aromatic carbocycles. The molecule has 0 fully saturated rings. The van der Waals surface area contributed by atoms with Crippen LogP contribution in [0.4, 0.5) is 13.2 Å². The first-order valence-corrected chi connectivity index (χ1v) is 4.42. The quantitative estimate of drug-likeness (QED) is 0.768. The zero-order valence-electron chi connectivity index (χ0n) is 6.28. The summed E-state index contributed by atoms with van der Waals surface area (Å²) in [6.07, 6.45) is -4.47. The minimum atomic E-state index is -4.47. The van der Waals surface area contributed by atoms with Gasteiger partial charge < -0.3 is 4.98 Å². The lowest BCUT2D eigenvalue weighted by atomic mass is 10.2. The molecule has 0 aliphatic rings. The smallest absolute Gasteiger partial charge is 0.325 e. The third-order valence-electron chi connectivity index (χ3n) is 1.37. The Morgan fingerprint density at radius 2 is 2.00 bits per heavy atom. The predicted molar refractivity (Wildman–Crippen MR) is 44.7 cm³/mol. The third-order valence-corrected chi connectivity index (χ3v) is 1.98. The molecule has 1 aromatic heterocycles. The third kappa shape index (κ3) is 2.58. The summed E-state index contributed by atoms with van der Waals surface area (Å²) >= 11 is 2.96. The van der Waals surface area contributed by atoms with E-state index in [9.17, 15) is 18.0 Å². The average molecular weight is 256 g/mol. The standard InChI is InChI=1S/C7H5BrF3NO/c8-3-5-1-4(7(9,10)11)2-6(13)12-5/h1-2H,3H2,(H,12,13). The fourth-order valence-corrected chi connectivity index (χ4v) is 1.14. The van der Waals surface area contributed by atoms with Crippen LogP contribution in [0.2, 0.25) is 0 Å². The van der Waals surface area contributed by atoms with Crippen molar-refractivity contribution in [3.63, 3.8) is 0 Å². The molecule has 0 atom stereocenters. The van der Waals surface area contributed by atoms with Crippen LogP contribution in [0.1, 0.15) is 11.3 Å². The molecule has 1 heterocycles. The zero-order valence-corrected chi connectivity index (χ0v) is 7.87. The largest absolute Gasteiger partial charge is 0.416 e. The Kier molecular flexibility index (Phi) is 2.80. The molecule has 1 N–H and O–H groups in total. The maximum Gasteiger partial charge on any atom is 0.416 e. The second kappa shape index (κ2) is 3.53. The molecule has 6 heteroatoms. The minimum Gasteiger partial charge on any atom is -0.325 e. The highest BCUT2D eigenvalue weighted by molar-refractivity contribution is 9.08. The predicted octanol–water partition coefficient (Wildman–Crippen LogP) is 2.29. The molecular formula is C7H5BrF3NO. The fourth-order valence-electron chi connectivity index (χ4n) is 0.837. The number of rotatable bonds is 1. The molecule has 0 unspecified atom stereocenters. The number of pyridine rings is 1. The van der Waals surface area contributed by atoms with Gasteiger partial charge in [0.2, 0.25) is 5.56 Å². The summed E-state index contributed by atoms with van der Waals surface area (Å²) in [6, 6.07) is 1.43. The number of nitrogens with one attached hydrogen (secondary N) is 1. The van der Waals surface area contributed by atoms with E-state index in [1.54, 1.807) is 0 Å². The van der Waals surface area contributed by atoms with Gasteiger partial charge in [-0.15, -0.1) is 0 Å². The number of hydrogen-bond donors (Lipinski definition) is 1. The fraction of sp³-hybridized carbons (Fsp3) is 0.286. The maximum atomic E-state index is 12.1. The molecule has 1 aromatic rings. The molecule has 13 heavy (non-hydrogen) atoms. The van der Waals surface area contributed by atoms with Crippen LogP contribution in [0.3, 0.4) is 0 Å². The van der Waals surface area contributed by atoms with E-state index >= 15 is 0 Å². The second-order valence-electron chi connectivity index (χ2n) is 2.39. The van der Waals surface area contributed by atoms with Crippen molar-refractivity contribution in [3.8, 4) is 0 Å². The van der Waals surface area contributed by atoms with Crippen molar-refractivity contribution in [1.82, 2.24) is 4.98 Å². The van der Waals surface area contributed by atoms with E-state index in [4.69, 9.17) is 0 Å². The van der Waals surface area contributed by atoms with Crippen LogP contribution >= 0.6 is 15.9 Å². The average Bonchev–Trinajstić information content (AvgIpc) is 2.01. The van der Waals surface area contributed by atoms with Gasteiger partial charge in [0.05, 0.1) is 5.56 Å². The van der Waals surface area contributed by atoms with E-state index in [1.165, 1.54) is 0 Å². The Labute approximate surface area is 79.9 Å². The molecule has 0 saturated heterocycles. The topological polar surface area (TPSA) is 32.9 Å². The molecule has 0 saturated carbocycles. The molecular weight excluding hydrogens is 251 g/mol. The van der Waals surface area contributed by atoms with Gasteiger partial charge in [-0.05, 0) is 6.07 Å². The van der Waals surface area contributed by atoms with E-state index in [0.29, 0.717) is 6.07 Å². The lowest BCUT2D eigenvalue weighted by molar-refractivity contribution is -0.137. The van der Waals surface area contributed by atoms with Gasteiger partial charge in [-0.1, -0.05) is 15.9 Å². The summed E-state index contributed by atoms with van der Waals surface area (Å²) in [4.78, 5) is 13.0. The van der Waals surface area contributed by atoms with E-state index < -0.39 is 17.3 Å². The van der Waals surface area contributed by atoms with Crippen molar-refractivity contribution >= 4 is 15.9 Å². The SMILES string of the molecule is O=c1cc(C(F)(F)F)cc(CBr)[nH]1. The lowest BCUT2D eigenvalue weighted by Crippen LogP contribution is -2.14. The van der Waals surface area contributed by atoms with Crippen LogP contribution in [0, 0.1) is 0 Å². The molecule has 1 rings (SSSR count). The molecule has 0 spiro atoms. The van der Waals surface area contributed by atoms with Gasteiger partial charge in [0, 0.05) is 17.1 Å². The minimum absolute atomic E-state index is 0.187. The molecule has 0 amide bonds. The summed E-state index contributed by atoms with van der Waals surface area (Å²) in [5.74, 6) is 0. The number of aromatic amines is 1. The Morgan fingerprint density at radius 1 is 1.38 bits per heavy atom. The van der Waals surface area contributed by atoms with Crippen molar-refractivity contribution in [2.24, 2.45) is 0 Å². The first-order valence-electron chi connectivity index (χ1n) is 3.30. The van der Waals surface area contributed by atoms with Gasteiger partial charge in [0.1, 0.15) is 0 Å². The van der Waals surface area contributed by atoms with Crippen LogP contribution in [0.25, 0.3) is 0 Å². The van der Waals surface area contributed by atoms with Crippen LogP contribution in [-0.2, 0) is 11.5 Å². The van der Waals surface area contributed by atoms with Gasteiger partial charge in [-0.2, -0.15) is 13.2 Å². The van der Waals surface area contributed by atoms with E-state index in [0.717, 1.165) is 6.07 Å². The Morgan fingerprint density at radius 3 is 2.46 bits per heavy atom. The van der Waals surface area contributed by atoms with Crippen LogP contribution in [0.5, 0.6) is 0 Å². The number of H-pyrrole nitrogens is 1. The highest BCUT2D eigenvalue weighted by Gasteiger charge is 2.31. The first kappa shape index (κ1) is 10.3. The Hall–Kier alpha value is -0.780. The molecule has 72 valence electrons. The summed E-state index contributed by atoms with van der Waals surface area (Å²) in [5.41, 5.74) is -1.46. The summed E-state index contributed by atoms with van der Waals surface area (Å²) in [7, 11) is 0. The van der Waals surface area contributed by atoms with Crippen molar-refractivity contribution < 1.29 is 13.2 Å². The van der Waals surface area contributed by atoms with Gasteiger partial charge in [-0.25, -0.2) is 0 Å². The number of aromatic nitrogens is 1. The molecule has 0 bridgehead atoms. The van der Waals surface area contributed by atoms with Crippen molar-refractivity contribution in [2.75, 3.05) is 0 Å². The monoisotopic (exact) mass is 255 g/mol. The van der Waals surface area contributed by atoms with Gasteiger partial charge in [0.15, 0.2) is 0 Å². The normalized spacial score (nSPS) is 11.7. The number of halogens is 4. The summed E-state index contributed by atoms with van der Waals surface area (Å²) in [6.45, 7) is 0. The van der Waals surface area contributed by atoms with E-state index in [2.05, 4.69) is 20.9 Å². The van der Waals surface area contributed by atoms with Crippen LogP contribution in [-0.4, -0.2) is 4.98 Å². The summed E-state index contributed by atoms with van der Waals surface area (Å²) in [5, 5.41) is 0.187. The Bertz CT molecular complexity index is 357. The second-order valence-corrected chi connectivity index (χ2v) is 2.95. The molecule has 0 radical (unpaired) electrons. The van der Waals surface area contributed by atoms with E-state index in [-0.39, 0.29) is 11.0 Å². The van der Waals surface area contributed by atoms with Crippen molar-refractivity contribution in [3.05, 3.63) is 33.7 Å². The first-order chi connectivity index (χ1) is 5.93. The lowest BCUT2D eigenvalue weighted by Gasteiger charge is -2.06. The van der Waals surface area contributed by atoms with Crippen molar-refractivity contribution in [2.45, 2.75) is 11.5 Å². The number of hydrogen-bond acceptors (Lipinski definition) is 1. The maximum absolute atomic E-state index is 12.1. The zero-order chi connectivity index (χ0) is 10.1. The molecule has 0 aliphatic heterocycles.